The van der Waals surface area contributed by atoms with Gasteiger partial charge in [-0.15, -0.1) is 0 Å². The highest BCUT2D eigenvalue weighted by atomic mass is 32.2. The Morgan fingerprint density at radius 3 is 2.45 bits per heavy atom. The number of nitrogens with two attached hydrogens (primary N) is 1. The van der Waals surface area contributed by atoms with Crippen LogP contribution in [0.4, 0.5) is 21.9 Å². The molecule has 0 saturated heterocycles. The van der Waals surface area contributed by atoms with E-state index in [1.54, 1.807) is 18.2 Å². The molecule has 6 N–H and O–H groups in total. The van der Waals surface area contributed by atoms with Crippen molar-refractivity contribution in [2.24, 2.45) is 5.73 Å². The lowest BCUT2D eigenvalue weighted by Crippen LogP contribution is -2.48. The molecular formula is C17H20N6O7S. The molecule has 0 bridgehead atoms. The lowest BCUT2D eigenvalue weighted by molar-refractivity contribution is -0.384. The minimum Gasteiger partial charge on any atom is -0.495 e. The molecule has 1 atom stereocenters. The molecule has 0 saturated carbocycles. The predicted molar refractivity (Wildman–Crippen MR) is 111 cm³/mol. The highest BCUT2D eigenvalue weighted by molar-refractivity contribution is 7.92. The Morgan fingerprint density at radius 1 is 1.16 bits per heavy atom. The summed E-state index contributed by atoms with van der Waals surface area (Å²) in [6, 6.07) is 7.37. The third kappa shape index (κ3) is 5.96. The maximum Gasteiger partial charge on any atom is 0.312 e. The van der Waals surface area contributed by atoms with Crippen molar-refractivity contribution in [2.45, 2.75) is 17.9 Å². The molecule has 0 aromatic heterocycles. The van der Waals surface area contributed by atoms with Crippen LogP contribution in [0.2, 0.25) is 0 Å². The number of sulfonamides is 1. The molecule has 2 rings (SSSR count). The molecular weight excluding hydrogens is 432 g/mol. The Balaban J connectivity index is 2.26. The molecule has 13 nitrogen and oxygen atoms in total. The van der Waals surface area contributed by atoms with Gasteiger partial charge in [0.1, 0.15) is 17.5 Å². The van der Waals surface area contributed by atoms with Crippen molar-refractivity contribution < 1.29 is 27.7 Å². The van der Waals surface area contributed by atoms with Gasteiger partial charge >= 0.3 is 6.03 Å². The van der Waals surface area contributed by atoms with Crippen LogP contribution in [0.5, 0.6) is 5.75 Å². The van der Waals surface area contributed by atoms with E-state index in [-0.39, 0.29) is 22.0 Å². The molecule has 0 unspecified atom stereocenters. The average Bonchev–Trinajstić information content (AvgIpc) is 2.71. The van der Waals surface area contributed by atoms with Crippen molar-refractivity contribution in [3.05, 3.63) is 52.6 Å². The number of nitro groups is 1. The topological polar surface area (TPSA) is 195 Å². The summed E-state index contributed by atoms with van der Waals surface area (Å²) in [5, 5.41) is 13.6. The molecule has 0 heterocycles. The lowest BCUT2D eigenvalue weighted by atomic mass is 10.3. The molecule has 0 radical (unpaired) electrons. The highest BCUT2D eigenvalue weighted by Gasteiger charge is 2.23. The van der Waals surface area contributed by atoms with Gasteiger partial charge in [-0.05, 0) is 31.2 Å². The minimum atomic E-state index is -4.19. The number of rotatable bonds is 9. The van der Waals surface area contributed by atoms with Crippen LogP contribution in [0.25, 0.3) is 0 Å². The highest BCUT2D eigenvalue weighted by Crippen LogP contribution is 2.30. The zero-order valence-electron chi connectivity index (χ0n) is 16.4. The van der Waals surface area contributed by atoms with E-state index in [9.17, 15) is 28.1 Å². The summed E-state index contributed by atoms with van der Waals surface area (Å²) in [4.78, 5) is 32.9. The predicted octanol–water partition coefficient (Wildman–Crippen LogP) is 0.904. The largest absolute Gasteiger partial charge is 0.495 e. The van der Waals surface area contributed by atoms with Gasteiger partial charge in [-0.3, -0.25) is 30.5 Å². The lowest BCUT2D eigenvalue weighted by Gasteiger charge is -2.15. The third-order valence-corrected chi connectivity index (χ3v) is 5.26. The normalized spacial score (nSPS) is 11.7. The first-order valence-corrected chi connectivity index (χ1v) is 10.1. The standard InChI is InChI=1S/C17H20N6O7S/c1-10(19-17(18)25)16(24)21-20-12-8-7-11(9-14(12)23(26)27)31(28,29)22-13-5-3-4-6-15(13)30-2/h3-10,20,22H,1-2H3,(H,21,24)(H3,18,19,25)/t10-/m1/s1. The molecule has 0 aliphatic carbocycles. The number of para-hydroxylation sites is 2. The number of nitrogens with zero attached hydrogens (tertiary/aromatic N) is 1. The summed E-state index contributed by atoms with van der Waals surface area (Å²) in [7, 11) is -2.82. The number of hydrogen-bond donors (Lipinski definition) is 5. The zero-order chi connectivity index (χ0) is 23.2. The molecule has 0 fully saturated rings. The number of urea groups is 1. The molecule has 3 amide bonds. The maximum absolute atomic E-state index is 12.7. The second-order valence-electron chi connectivity index (χ2n) is 6.09. The van der Waals surface area contributed by atoms with Gasteiger partial charge in [0, 0.05) is 6.07 Å². The van der Waals surface area contributed by atoms with Crippen molar-refractivity contribution in [2.75, 3.05) is 17.3 Å². The van der Waals surface area contributed by atoms with E-state index in [0.29, 0.717) is 0 Å². The SMILES string of the molecule is COc1ccccc1NS(=O)(=O)c1ccc(NNC(=O)[C@@H](C)NC(N)=O)c([N+](=O)[O-])c1. The smallest absolute Gasteiger partial charge is 0.312 e. The van der Waals surface area contributed by atoms with E-state index < -0.39 is 38.6 Å². The van der Waals surface area contributed by atoms with Crippen LogP contribution in [-0.2, 0) is 14.8 Å². The van der Waals surface area contributed by atoms with Crippen LogP contribution >= 0.6 is 0 Å². The number of ether oxygens (including phenoxy) is 1. The van der Waals surface area contributed by atoms with Gasteiger partial charge in [0.15, 0.2) is 0 Å². The maximum atomic E-state index is 12.7. The van der Waals surface area contributed by atoms with Crippen LogP contribution in [-0.4, -0.2) is 38.4 Å². The number of nitro benzene ring substituents is 1. The van der Waals surface area contributed by atoms with Crippen LogP contribution < -0.4 is 31.4 Å². The fourth-order valence-corrected chi connectivity index (χ4v) is 3.47. The van der Waals surface area contributed by atoms with Crippen LogP contribution in [0.3, 0.4) is 0 Å². The first-order chi connectivity index (χ1) is 14.5. The van der Waals surface area contributed by atoms with Crippen molar-refractivity contribution in [3.8, 4) is 5.75 Å². The van der Waals surface area contributed by atoms with E-state index in [2.05, 4.69) is 20.9 Å². The quantitative estimate of drug-likeness (QED) is 0.273. The van der Waals surface area contributed by atoms with Crippen LogP contribution in [0.1, 0.15) is 6.92 Å². The van der Waals surface area contributed by atoms with Gasteiger partial charge in [0.2, 0.25) is 0 Å². The number of benzene rings is 2. The number of carbonyl (C=O) groups excluding carboxylic acids is 2. The second-order valence-corrected chi connectivity index (χ2v) is 7.77. The molecule has 166 valence electrons. The second kappa shape index (κ2) is 9.62. The average molecular weight is 452 g/mol. The molecule has 0 aliphatic rings. The van der Waals surface area contributed by atoms with Gasteiger partial charge < -0.3 is 15.8 Å². The van der Waals surface area contributed by atoms with Gasteiger partial charge in [0.05, 0.1) is 22.6 Å². The monoisotopic (exact) mass is 452 g/mol. The molecule has 0 aliphatic heterocycles. The Kier molecular flexibility index (Phi) is 7.20. The number of anilines is 2. The minimum absolute atomic E-state index is 0.151. The van der Waals surface area contributed by atoms with Crippen LogP contribution in [0, 0.1) is 10.1 Å². The van der Waals surface area contributed by atoms with Gasteiger partial charge in [-0.25, -0.2) is 13.2 Å². The molecule has 2 aromatic carbocycles. The summed E-state index contributed by atoms with van der Waals surface area (Å²) >= 11 is 0. The Labute approximate surface area is 177 Å². The summed E-state index contributed by atoms with van der Waals surface area (Å²) < 4.78 is 32.8. The molecule has 0 spiro atoms. The summed E-state index contributed by atoms with van der Waals surface area (Å²) in [5.74, 6) is -0.470. The van der Waals surface area contributed by atoms with Crippen LogP contribution in [0.15, 0.2) is 47.4 Å². The van der Waals surface area contributed by atoms with E-state index in [1.807, 2.05) is 0 Å². The summed E-state index contributed by atoms with van der Waals surface area (Å²) in [6.45, 7) is 1.34. The van der Waals surface area contributed by atoms with Crippen molar-refractivity contribution in [1.82, 2.24) is 10.7 Å². The Hall–Kier alpha value is -4.07. The van der Waals surface area contributed by atoms with E-state index >= 15 is 0 Å². The van der Waals surface area contributed by atoms with Crippen molar-refractivity contribution in [1.29, 1.82) is 0 Å². The first-order valence-electron chi connectivity index (χ1n) is 8.61. The van der Waals surface area contributed by atoms with Gasteiger partial charge in [-0.2, -0.15) is 0 Å². The number of nitrogens with one attached hydrogen (secondary N) is 4. The number of hydrazine groups is 1. The van der Waals surface area contributed by atoms with E-state index in [1.165, 1.54) is 20.1 Å². The Morgan fingerprint density at radius 2 is 1.84 bits per heavy atom. The van der Waals surface area contributed by atoms with Crippen molar-refractivity contribution >= 4 is 39.0 Å². The molecule has 31 heavy (non-hydrogen) atoms. The number of carbonyl (C=O) groups is 2. The number of hydrogen-bond acceptors (Lipinski definition) is 8. The van der Waals surface area contributed by atoms with E-state index in [0.717, 1.165) is 18.2 Å². The van der Waals surface area contributed by atoms with E-state index in [4.69, 9.17) is 10.5 Å². The van der Waals surface area contributed by atoms with Gasteiger partial charge in [0.25, 0.3) is 21.6 Å². The summed E-state index contributed by atoms with van der Waals surface area (Å²) in [5.41, 5.74) is 8.78. The zero-order valence-corrected chi connectivity index (χ0v) is 17.2. The first kappa shape index (κ1) is 23.2. The number of primary amides is 1. The fraction of sp³-hybridized carbons (Fsp3) is 0.176. The Bertz CT molecular complexity index is 1110. The number of amides is 3. The van der Waals surface area contributed by atoms with Gasteiger partial charge in [-0.1, -0.05) is 12.1 Å². The summed E-state index contributed by atoms with van der Waals surface area (Å²) in [6.07, 6.45) is 0. The van der Waals surface area contributed by atoms with Crippen molar-refractivity contribution in [3.63, 3.8) is 0 Å². The number of methoxy groups -OCH3 is 1. The third-order valence-electron chi connectivity index (χ3n) is 3.90. The molecule has 14 heteroatoms. The molecule has 2 aromatic rings. The fourth-order valence-electron chi connectivity index (χ4n) is 2.38.